The number of carbonyl (C=O) groups excluding carboxylic acids is 1. The summed E-state index contributed by atoms with van der Waals surface area (Å²) in [5.74, 6) is 1.55. The van der Waals surface area contributed by atoms with Crippen LogP contribution in [-0.2, 0) is 11.2 Å². The van der Waals surface area contributed by atoms with Crippen LogP contribution in [0.3, 0.4) is 0 Å². The number of para-hydroxylation sites is 1. The predicted molar refractivity (Wildman–Crippen MR) is 105 cm³/mol. The number of amides is 1. The Kier molecular flexibility index (Phi) is 4.50. The molecule has 2 aromatic heterocycles. The maximum atomic E-state index is 12.2. The molecule has 0 fully saturated rings. The van der Waals surface area contributed by atoms with Crippen molar-refractivity contribution in [2.75, 3.05) is 5.32 Å². The molecular weight excluding hydrogens is 340 g/mol. The summed E-state index contributed by atoms with van der Waals surface area (Å²) in [5, 5.41) is 7.92. The Morgan fingerprint density at radius 2 is 1.85 bits per heavy atom. The molecule has 0 aliphatic heterocycles. The van der Waals surface area contributed by atoms with Crippen molar-refractivity contribution in [1.82, 2.24) is 5.16 Å². The Balaban J connectivity index is 1.40. The number of fused-ring (bicyclic) bond motifs is 1. The van der Waals surface area contributed by atoms with E-state index in [-0.39, 0.29) is 5.91 Å². The highest BCUT2D eigenvalue weighted by Gasteiger charge is 2.12. The summed E-state index contributed by atoms with van der Waals surface area (Å²) in [6.07, 6.45) is 0.998. The zero-order valence-electron chi connectivity index (χ0n) is 15.3. The number of furan rings is 1. The van der Waals surface area contributed by atoms with Gasteiger partial charge in [-0.15, -0.1) is 0 Å². The third-order valence-corrected chi connectivity index (χ3v) is 4.66. The van der Waals surface area contributed by atoms with Gasteiger partial charge in [0, 0.05) is 28.6 Å². The molecule has 0 atom stereocenters. The average Bonchev–Trinajstić information content (AvgIpc) is 3.24. The number of aromatic nitrogens is 1. The molecule has 4 aromatic rings. The lowest BCUT2D eigenvalue weighted by Gasteiger charge is -2.06. The quantitative estimate of drug-likeness (QED) is 0.526. The van der Waals surface area contributed by atoms with Gasteiger partial charge >= 0.3 is 0 Å². The van der Waals surface area contributed by atoms with Crippen molar-refractivity contribution in [3.8, 4) is 11.3 Å². The van der Waals surface area contributed by atoms with Crippen LogP contribution in [0.2, 0.25) is 0 Å². The highest BCUT2D eigenvalue weighted by molar-refractivity contribution is 5.91. The Bertz CT molecular complexity index is 1040. The molecule has 2 aromatic carbocycles. The largest absolute Gasteiger partial charge is 0.456 e. The molecule has 5 heteroatoms. The first-order valence-corrected chi connectivity index (χ1v) is 8.91. The van der Waals surface area contributed by atoms with Crippen molar-refractivity contribution in [1.29, 1.82) is 0 Å². The second kappa shape index (κ2) is 7.11. The standard InChI is InChI=1S/C22H20N2O3/c1-14-19(15(2)27-24-14)11-12-22(25)23-18-9-7-16(8-10-18)21-13-17-5-3-4-6-20(17)26-21/h3-10,13H,11-12H2,1-2H3,(H,23,25). The van der Waals surface area contributed by atoms with Gasteiger partial charge < -0.3 is 14.3 Å². The number of nitrogens with one attached hydrogen (secondary N) is 1. The number of hydrogen-bond donors (Lipinski definition) is 1. The van der Waals surface area contributed by atoms with E-state index < -0.39 is 0 Å². The molecule has 2 heterocycles. The third-order valence-electron chi connectivity index (χ3n) is 4.66. The third kappa shape index (κ3) is 3.62. The molecule has 0 saturated carbocycles. The SMILES string of the molecule is Cc1noc(C)c1CCC(=O)Nc1ccc(-c2cc3ccccc3o2)cc1. The Morgan fingerprint density at radius 1 is 1.07 bits per heavy atom. The Morgan fingerprint density at radius 3 is 2.56 bits per heavy atom. The molecule has 0 aliphatic carbocycles. The predicted octanol–water partition coefficient (Wildman–Crippen LogP) is 5.28. The van der Waals surface area contributed by atoms with E-state index >= 15 is 0 Å². The molecule has 0 bridgehead atoms. The first-order chi connectivity index (χ1) is 13.1. The zero-order valence-corrected chi connectivity index (χ0v) is 15.3. The molecule has 0 saturated heterocycles. The van der Waals surface area contributed by atoms with Gasteiger partial charge in [-0.2, -0.15) is 0 Å². The number of anilines is 1. The second-order valence-corrected chi connectivity index (χ2v) is 6.58. The number of nitrogens with zero attached hydrogens (tertiary/aromatic N) is 1. The van der Waals surface area contributed by atoms with Gasteiger partial charge in [-0.1, -0.05) is 23.4 Å². The highest BCUT2D eigenvalue weighted by atomic mass is 16.5. The van der Waals surface area contributed by atoms with Crippen molar-refractivity contribution in [3.05, 3.63) is 71.6 Å². The van der Waals surface area contributed by atoms with Gasteiger partial charge in [0.2, 0.25) is 5.91 Å². The lowest BCUT2D eigenvalue weighted by atomic mass is 10.1. The van der Waals surface area contributed by atoms with Crippen LogP contribution in [0.4, 0.5) is 5.69 Å². The van der Waals surface area contributed by atoms with Crippen molar-refractivity contribution in [2.24, 2.45) is 0 Å². The van der Waals surface area contributed by atoms with E-state index in [1.54, 1.807) is 0 Å². The Hall–Kier alpha value is -3.34. The summed E-state index contributed by atoms with van der Waals surface area (Å²) in [4.78, 5) is 12.2. The summed E-state index contributed by atoms with van der Waals surface area (Å²) in [7, 11) is 0. The molecule has 5 nitrogen and oxygen atoms in total. The van der Waals surface area contributed by atoms with Crippen molar-refractivity contribution in [2.45, 2.75) is 26.7 Å². The lowest BCUT2D eigenvalue weighted by molar-refractivity contribution is -0.116. The first-order valence-electron chi connectivity index (χ1n) is 8.91. The van der Waals surface area contributed by atoms with Crippen LogP contribution in [-0.4, -0.2) is 11.1 Å². The minimum absolute atomic E-state index is 0.0357. The van der Waals surface area contributed by atoms with Crippen molar-refractivity contribution < 1.29 is 13.7 Å². The number of carbonyl (C=O) groups is 1. The molecule has 0 radical (unpaired) electrons. The van der Waals surface area contributed by atoms with E-state index in [4.69, 9.17) is 8.94 Å². The molecule has 136 valence electrons. The van der Waals surface area contributed by atoms with Gasteiger partial charge in [-0.3, -0.25) is 4.79 Å². The molecule has 0 aliphatic rings. The average molecular weight is 360 g/mol. The van der Waals surface area contributed by atoms with Gasteiger partial charge in [-0.05, 0) is 56.7 Å². The fraction of sp³-hybridized carbons (Fsp3) is 0.182. The van der Waals surface area contributed by atoms with E-state index in [9.17, 15) is 4.79 Å². The first kappa shape index (κ1) is 17.1. The van der Waals surface area contributed by atoms with Crippen LogP contribution in [0, 0.1) is 13.8 Å². The van der Waals surface area contributed by atoms with E-state index in [1.807, 2.05) is 68.4 Å². The minimum atomic E-state index is -0.0357. The van der Waals surface area contributed by atoms with Crippen molar-refractivity contribution in [3.63, 3.8) is 0 Å². The van der Waals surface area contributed by atoms with Gasteiger partial charge in [0.15, 0.2) is 0 Å². The minimum Gasteiger partial charge on any atom is -0.456 e. The summed E-state index contributed by atoms with van der Waals surface area (Å²) >= 11 is 0. The fourth-order valence-corrected chi connectivity index (χ4v) is 3.16. The molecule has 1 N–H and O–H groups in total. The number of hydrogen-bond acceptors (Lipinski definition) is 4. The maximum Gasteiger partial charge on any atom is 0.224 e. The van der Waals surface area contributed by atoms with E-state index in [2.05, 4.69) is 10.5 Å². The van der Waals surface area contributed by atoms with Crippen molar-refractivity contribution >= 4 is 22.6 Å². The maximum absolute atomic E-state index is 12.2. The van der Waals surface area contributed by atoms with Crippen LogP contribution in [0.25, 0.3) is 22.3 Å². The van der Waals surface area contributed by atoms with E-state index in [0.717, 1.165) is 45.0 Å². The molecule has 0 spiro atoms. The van der Waals surface area contributed by atoms with Gasteiger partial charge in [-0.25, -0.2) is 0 Å². The Labute approximate surface area is 157 Å². The number of aryl methyl sites for hydroxylation is 2. The normalized spacial score (nSPS) is 11.0. The van der Waals surface area contributed by atoms with Crippen LogP contribution >= 0.6 is 0 Å². The summed E-state index contributed by atoms with van der Waals surface area (Å²) in [6, 6.07) is 17.6. The molecule has 27 heavy (non-hydrogen) atoms. The van der Waals surface area contributed by atoms with Crippen LogP contribution in [0.5, 0.6) is 0 Å². The molecule has 4 rings (SSSR count). The zero-order chi connectivity index (χ0) is 18.8. The molecule has 1 amide bonds. The lowest BCUT2D eigenvalue weighted by Crippen LogP contribution is -2.12. The summed E-state index contributed by atoms with van der Waals surface area (Å²) in [6.45, 7) is 3.75. The molecule has 0 unspecified atom stereocenters. The highest BCUT2D eigenvalue weighted by Crippen LogP contribution is 2.28. The van der Waals surface area contributed by atoms with Gasteiger partial charge in [0.1, 0.15) is 17.1 Å². The topological polar surface area (TPSA) is 68.3 Å². The fourth-order valence-electron chi connectivity index (χ4n) is 3.16. The summed E-state index contributed by atoms with van der Waals surface area (Å²) < 4.78 is 11.0. The van der Waals surface area contributed by atoms with Gasteiger partial charge in [0.05, 0.1) is 5.69 Å². The second-order valence-electron chi connectivity index (χ2n) is 6.58. The van der Waals surface area contributed by atoms with Crippen LogP contribution < -0.4 is 5.32 Å². The van der Waals surface area contributed by atoms with E-state index in [0.29, 0.717) is 12.8 Å². The number of benzene rings is 2. The monoisotopic (exact) mass is 360 g/mol. The molecular formula is C22H20N2O3. The smallest absolute Gasteiger partial charge is 0.224 e. The van der Waals surface area contributed by atoms with E-state index in [1.165, 1.54) is 0 Å². The van der Waals surface area contributed by atoms with Crippen LogP contribution in [0.15, 0.2) is 63.5 Å². The van der Waals surface area contributed by atoms with Crippen LogP contribution in [0.1, 0.15) is 23.4 Å². The summed E-state index contributed by atoms with van der Waals surface area (Å²) in [5.41, 5.74) is 4.45. The van der Waals surface area contributed by atoms with Gasteiger partial charge in [0.25, 0.3) is 0 Å². The number of rotatable bonds is 5.